The maximum absolute atomic E-state index is 13.8. The van der Waals surface area contributed by atoms with Crippen LogP contribution in [0.25, 0.3) is 0 Å². The maximum atomic E-state index is 13.8. The highest BCUT2D eigenvalue weighted by Crippen LogP contribution is 2.44. The van der Waals surface area contributed by atoms with Gasteiger partial charge in [0.1, 0.15) is 13.2 Å². The number of ether oxygens (including phenoxy) is 10. The van der Waals surface area contributed by atoms with E-state index in [1.54, 1.807) is 21.9 Å². The van der Waals surface area contributed by atoms with Crippen molar-refractivity contribution in [3.05, 3.63) is 60.7 Å². The van der Waals surface area contributed by atoms with E-state index in [0.717, 1.165) is 30.6 Å². The van der Waals surface area contributed by atoms with Crippen molar-refractivity contribution in [1.82, 2.24) is 9.80 Å². The summed E-state index contributed by atoms with van der Waals surface area (Å²) in [4.78, 5) is 82.0. The molecule has 382 valence electrons. The Labute approximate surface area is 407 Å². The first-order valence-electron chi connectivity index (χ1n) is 23.4. The fourth-order valence-corrected chi connectivity index (χ4v) is 8.95. The van der Waals surface area contributed by atoms with E-state index in [9.17, 15) is 33.9 Å². The van der Waals surface area contributed by atoms with Gasteiger partial charge in [0.2, 0.25) is 0 Å². The van der Waals surface area contributed by atoms with Crippen LogP contribution < -0.4 is 28.7 Å². The number of nitrogens with zero attached hydrogens (tertiary/aromatic N) is 4. The molecule has 21 heteroatoms. The molecule has 2 aromatic carbocycles. The quantitative estimate of drug-likeness (QED) is 0.0813. The highest BCUT2D eigenvalue weighted by molar-refractivity contribution is 6.07. The van der Waals surface area contributed by atoms with E-state index in [0.29, 0.717) is 74.7 Å². The van der Waals surface area contributed by atoms with Gasteiger partial charge in [0.15, 0.2) is 41.7 Å². The lowest BCUT2D eigenvalue weighted by Gasteiger charge is -2.38. The lowest BCUT2D eigenvalue weighted by Crippen LogP contribution is -2.54. The second-order valence-electron chi connectivity index (χ2n) is 16.7. The number of anilines is 2. The Balaban J connectivity index is 0.000000233. The summed E-state index contributed by atoms with van der Waals surface area (Å²) in [5, 5.41) is 11.1. The third-order valence-electron chi connectivity index (χ3n) is 12.3. The Morgan fingerprint density at radius 2 is 1.17 bits per heavy atom. The van der Waals surface area contributed by atoms with Gasteiger partial charge < -0.3 is 62.3 Å². The van der Waals surface area contributed by atoms with Crippen LogP contribution in [0.3, 0.4) is 0 Å². The smallest absolute Gasteiger partial charge is 0.416 e. The number of benzene rings is 2. The highest BCUT2D eigenvalue weighted by Gasteiger charge is 2.48. The van der Waals surface area contributed by atoms with Crippen LogP contribution in [-0.4, -0.2) is 156 Å². The van der Waals surface area contributed by atoms with Crippen molar-refractivity contribution in [2.75, 3.05) is 84.4 Å². The Kier molecular flexibility index (Phi) is 19.1. The van der Waals surface area contributed by atoms with Gasteiger partial charge in [0.05, 0.1) is 76.2 Å². The van der Waals surface area contributed by atoms with Crippen LogP contribution in [0.15, 0.2) is 49.6 Å². The fourth-order valence-electron chi connectivity index (χ4n) is 8.95. The zero-order valence-electron chi connectivity index (χ0n) is 40.3. The molecule has 2 aromatic rings. The summed E-state index contributed by atoms with van der Waals surface area (Å²) in [7, 11) is 5.56. The molecule has 1 unspecified atom stereocenters. The van der Waals surface area contributed by atoms with Gasteiger partial charge in [0.25, 0.3) is 11.8 Å². The summed E-state index contributed by atoms with van der Waals surface area (Å²) < 4.78 is 54.9. The van der Waals surface area contributed by atoms with Crippen LogP contribution >= 0.6 is 0 Å². The van der Waals surface area contributed by atoms with Crippen molar-refractivity contribution in [2.45, 2.75) is 101 Å². The van der Waals surface area contributed by atoms with Gasteiger partial charge >= 0.3 is 24.1 Å². The first-order valence-corrected chi connectivity index (χ1v) is 23.4. The molecular formula is C49H64N4O17. The van der Waals surface area contributed by atoms with E-state index >= 15 is 0 Å². The molecule has 5 aliphatic rings. The Hall–Kier alpha value is -6.58. The van der Waals surface area contributed by atoms with Crippen molar-refractivity contribution >= 4 is 47.3 Å². The summed E-state index contributed by atoms with van der Waals surface area (Å²) >= 11 is 0. The zero-order valence-corrected chi connectivity index (χ0v) is 40.3. The van der Waals surface area contributed by atoms with Gasteiger partial charge in [-0.15, -0.1) is 0 Å². The minimum absolute atomic E-state index is 0.00726. The van der Waals surface area contributed by atoms with Gasteiger partial charge in [-0.3, -0.25) is 19.2 Å². The van der Waals surface area contributed by atoms with E-state index in [2.05, 4.69) is 22.6 Å². The molecule has 0 radical (unpaired) electrons. The molecule has 0 aliphatic carbocycles. The molecule has 21 nitrogen and oxygen atoms in total. The van der Waals surface area contributed by atoms with Crippen LogP contribution in [0.1, 0.15) is 91.3 Å². The van der Waals surface area contributed by atoms with Crippen molar-refractivity contribution < 1.29 is 81.2 Å². The van der Waals surface area contributed by atoms with E-state index in [1.807, 2.05) is 0 Å². The molecule has 0 saturated carbocycles. The average molecular weight is 981 g/mol. The first kappa shape index (κ1) is 52.8. The average Bonchev–Trinajstić information content (AvgIpc) is 4.06. The number of hydrogen-bond donors (Lipinski definition) is 1. The van der Waals surface area contributed by atoms with E-state index in [4.69, 9.17) is 37.9 Å². The van der Waals surface area contributed by atoms with Gasteiger partial charge in [0, 0.05) is 44.7 Å². The van der Waals surface area contributed by atoms with Gasteiger partial charge in [-0.1, -0.05) is 25.3 Å². The highest BCUT2D eigenvalue weighted by atomic mass is 16.7. The normalized spacial score (nSPS) is 21.2. The van der Waals surface area contributed by atoms with Crippen molar-refractivity contribution in [3.8, 4) is 23.0 Å². The van der Waals surface area contributed by atoms with Crippen molar-refractivity contribution in [2.24, 2.45) is 0 Å². The van der Waals surface area contributed by atoms with Crippen LogP contribution in [0, 0.1) is 0 Å². The van der Waals surface area contributed by atoms with E-state index < -0.39 is 37.0 Å². The monoisotopic (exact) mass is 980 g/mol. The summed E-state index contributed by atoms with van der Waals surface area (Å²) in [5.41, 5.74) is 0.933. The molecule has 70 heavy (non-hydrogen) atoms. The standard InChI is InChI=1S/C27H36N2O9.C22H28N2O8/c1-4-13-37-27(32)29-20-17-22(35-15-8-10-23(30)34-3)21(33-2)16-18(20)25(31)28-12-7-9-19(28)26(29)38-24-11-5-6-14-36-24;1-4-10-32-22(28)24-16-13-18(31-11-6-8-19(25)30-3)17(29-2)12-14(16)20(26)23-9-5-7-15(23)21(24)27/h4,16-17,19,24,26H,1,5-15H2,2-3H3;4,12-13,15,21,27H,1,5-11H2,2-3H3/t19-,24?,26-;15-,21-/m00/s1. The number of methoxy groups -OCH3 is 4. The van der Waals surface area contributed by atoms with Gasteiger partial charge in [-0.05, 0) is 69.9 Å². The predicted octanol–water partition coefficient (Wildman–Crippen LogP) is 5.74. The maximum Gasteiger partial charge on any atom is 0.416 e. The van der Waals surface area contributed by atoms with Crippen LogP contribution in [-0.2, 0) is 38.0 Å². The molecular weight excluding hydrogens is 917 g/mol. The number of amides is 4. The van der Waals surface area contributed by atoms with Crippen LogP contribution in [0.4, 0.5) is 21.0 Å². The number of carbonyl (C=O) groups excluding carboxylic acids is 6. The topological polar surface area (TPSA) is 228 Å². The van der Waals surface area contributed by atoms with Gasteiger partial charge in [-0.25, -0.2) is 19.4 Å². The second kappa shape index (κ2) is 25.3. The summed E-state index contributed by atoms with van der Waals surface area (Å²) in [6.45, 7) is 9.08. The number of esters is 2. The third kappa shape index (κ3) is 12.2. The molecule has 7 rings (SSSR count). The van der Waals surface area contributed by atoms with E-state index in [-0.39, 0.29) is 91.6 Å². The summed E-state index contributed by atoms with van der Waals surface area (Å²) in [6, 6.07) is 5.21. The fraction of sp³-hybridized carbons (Fsp3) is 0.551. The molecule has 5 atom stereocenters. The Bertz CT molecular complexity index is 2220. The number of fused-ring (bicyclic) bond motifs is 4. The minimum Gasteiger partial charge on any atom is -0.493 e. The third-order valence-corrected chi connectivity index (χ3v) is 12.3. The molecule has 3 saturated heterocycles. The minimum atomic E-state index is -1.29. The first-order chi connectivity index (χ1) is 33.9. The molecule has 5 aliphatic heterocycles. The SMILES string of the molecule is C=CCOC(=O)N1c2cc(OCCCC(=O)OC)c(OC)cc2C(=O)N2CCC[C@H]2[C@@H]1O.C=CCOC(=O)N1c2cc(OCCCC(=O)OC)c(OC)cc2C(=O)N2CCC[C@H]2[C@@H]1OC1CCCCO1. The summed E-state index contributed by atoms with van der Waals surface area (Å²) in [6.07, 6.45) is 5.28. The van der Waals surface area contributed by atoms with Gasteiger partial charge in [-0.2, -0.15) is 0 Å². The van der Waals surface area contributed by atoms with Crippen LogP contribution in [0.5, 0.6) is 23.0 Å². The van der Waals surface area contributed by atoms with Crippen molar-refractivity contribution in [1.29, 1.82) is 0 Å². The molecule has 0 aromatic heterocycles. The molecule has 0 bridgehead atoms. The number of aliphatic hydroxyl groups excluding tert-OH is 1. The van der Waals surface area contributed by atoms with Crippen molar-refractivity contribution in [3.63, 3.8) is 0 Å². The Morgan fingerprint density at radius 3 is 1.66 bits per heavy atom. The second-order valence-corrected chi connectivity index (χ2v) is 16.7. The Morgan fingerprint density at radius 1 is 0.671 bits per heavy atom. The molecule has 5 heterocycles. The van der Waals surface area contributed by atoms with Crippen LogP contribution in [0.2, 0.25) is 0 Å². The lowest BCUT2D eigenvalue weighted by atomic mass is 10.1. The number of rotatable bonds is 18. The number of carbonyl (C=O) groups is 6. The molecule has 3 fully saturated rings. The largest absolute Gasteiger partial charge is 0.493 e. The lowest BCUT2D eigenvalue weighted by molar-refractivity contribution is -0.195. The summed E-state index contributed by atoms with van der Waals surface area (Å²) in [5.74, 6) is -0.0177. The number of hydrogen-bond acceptors (Lipinski definition) is 17. The molecule has 0 spiro atoms. The number of aliphatic hydroxyl groups is 1. The zero-order chi connectivity index (χ0) is 50.3. The predicted molar refractivity (Wildman–Crippen MR) is 250 cm³/mol. The molecule has 1 N–H and O–H groups in total. The molecule has 4 amide bonds. The van der Waals surface area contributed by atoms with E-state index in [1.165, 1.54) is 57.6 Å².